The van der Waals surface area contributed by atoms with Crippen LogP contribution in [0.15, 0.2) is 24.3 Å². The fraction of sp³-hybridized carbons (Fsp3) is 0.611. The van der Waals surface area contributed by atoms with E-state index in [1.165, 1.54) is 12.1 Å². The number of aliphatic hydroxyl groups is 1. The van der Waals surface area contributed by atoms with Crippen LogP contribution in [0.1, 0.15) is 12.0 Å². The number of nitrogens with one attached hydrogen (secondary N) is 1. The van der Waals surface area contributed by atoms with E-state index in [1.54, 1.807) is 12.1 Å². The van der Waals surface area contributed by atoms with Crippen molar-refractivity contribution in [3.05, 3.63) is 35.6 Å². The van der Waals surface area contributed by atoms with E-state index in [0.717, 1.165) is 25.1 Å². The molecule has 0 unspecified atom stereocenters. The molecule has 0 spiro atoms. The molecule has 2 aliphatic heterocycles. The van der Waals surface area contributed by atoms with Gasteiger partial charge in [0.15, 0.2) is 0 Å². The van der Waals surface area contributed by atoms with E-state index in [4.69, 9.17) is 4.74 Å². The lowest BCUT2D eigenvalue weighted by Crippen LogP contribution is -2.42. The Balaban J connectivity index is 1.43. The van der Waals surface area contributed by atoms with Crippen LogP contribution >= 0.6 is 0 Å². The van der Waals surface area contributed by atoms with Crippen molar-refractivity contribution in [3.8, 4) is 0 Å². The molecule has 6 heteroatoms. The van der Waals surface area contributed by atoms with E-state index in [1.807, 2.05) is 0 Å². The van der Waals surface area contributed by atoms with Gasteiger partial charge in [0, 0.05) is 37.6 Å². The molecule has 2 atom stereocenters. The largest absolute Gasteiger partial charge is 0.396 e. The molecule has 2 saturated heterocycles. The monoisotopic (exact) mass is 336 g/mol. The summed E-state index contributed by atoms with van der Waals surface area (Å²) in [6, 6.07) is 6.33. The van der Waals surface area contributed by atoms with Gasteiger partial charge in [-0.25, -0.2) is 4.39 Å². The third-order valence-electron chi connectivity index (χ3n) is 5.28. The van der Waals surface area contributed by atoms with Crippen molar-refractivity contribution in [2.75, 3.05) is 46.0 Å². The third kappa shape index (κ3) is 3.94. The summed E-state index contributed by atoms with van der Waals surface area (Å²) in [6.07, 6.45) is 1.54. The Hall–Kier alpha value is -1.50. The summed E-state index contributed by atoms with van der Waals surface area (Å²) in [7, 11) is 0. The number of benzene rings is 1. The number of fused-ring (bicyclic) bond motifs is 1. The summed E-state index contributed by atoms with van der Waals surface area (Å²) in [5, 5.41) is 12.7. The zero-order chi connectivity index (χ0) is 17.0. The fourth-order valence-electron chi connectivity index (χ4n) is 3.79. The Morgan fingerprint density at radius 3 is 2.92 bits per heavy atom. The predicted molar refractivity (Wildman–Crippen MR) is 88.0 cm³/mol. The number of likely N-dealkylation sites (tertiary alicyclic amines) is 1. The van der Waals surface area contributed by atoms with E-state index < -0.39 is 0 Å². The van der Waals surface area contributed by atoms with Gasteiger partial charge in [-0.3, -0.25) is 9.69 Å². The quantitative estimate of drug-likeness (QED) is 0.807. The molecule has 0 radical (unpaired) electrons. The molecule has 2 N–H and O–H groups in total. The molecule has 0 aromatic heterocycles. The first-order valence-electron chi connectivity index (χ1n) is 8.53. The van der Waals surface area contributed by atoms with Crippen LogP contribution in [0.25, 0.3) is 0 Å². The van der Waals surface area contributed by atoms with Crippen molar-refractivity contribution in [2.24, 2.45) is 11.3 Å². The van der Waals surface area contributed by atoms with Gasteiger partial charge in [0.2, 0.25) is 5.91 Å². The Morgan fingerprint density at radius 2 is 2.21 bits per heavy atom. The van der Waals surface area contributed by atoms with Gasteiger partial charge in [-0.15, -0.1) is 0 Å². The maximum atomic E-state index is 12.8. The maximum Gasteiger partial charge on any atom is 0.234 e. The van der Waals surface area contributed by atoms with E-state index in [2.05, 4.69) is 10.2 Å². The molecular formula is C18H25FN2O3. The molecule has 3 rings (SSSR count). The number of ether oxygens (including phenoxy) is 1. The summed E-state index contributed by atoms with van der Waals surface area (Å²) >= 11 is 0. The summed E-state index contributed by atoms with van der Waals surface area (Å²) < 4.78 is 18.4. The molecule has 1 aromatic carbocycles. The smallest absolute Gasteiger partial charge is 0.234 e. The minimum absolute atomic E-state index is 0.00948. The zero-order valence-electron chi connectivity index (χ0n) is 13.8. The third-order valence-corrected chi connectivity index (χ3v) is 5.28. The number of carbonyl (C=O) groups is 1. The lowest BCUT2D eigenvalue weighted by molar-refractivity contribution is -0.122. The SMILES string of the molecule is O=C(CN1C[C@@H]2COCC[C@]2(CO)C1)NCCc1ccc(F)cc1. The highest BCUT2D eigenvalue weighted by Gasteiger charge is 2.48. The molecule has 0 bridgehead atoms. The van der Waals surface area contributed by atoms with Gasteiger partial charge in [0.25, 0.3) is 0 Å². The molecule has 1 aromatic rings. The minimum atomic E-state index is -0.250. The van der Waals surface area contributed by atoms with Crippen molar-refractivity contribution in [2.45, 2.75) is 12.8 Å². The van der Waals surface area contributed by atoms with Gasteiger partial charge in [-0.05, 0) is 30.5 Å². The van der Waals surface area contributed by atoms with Gasteiger partial charge < -0.3 is 15.2 Å². The molecule has 2 fully saturated rings. The minimum Gasteiger partial charge on any atom is -0.396 e. The van der Waals surface area contributed by atoms with Crippen molar-refractivity contribution >= 4 is 5.91 Å². The van der Waals surface area contributed by atoms with Crippen molar-refractivity contribution in [1.82, 2.24) is 10.2 Å². The van der Waals surface area contributed by atoms with Gasteiger partial charge in [0.05, 0.1) is 19.8 Å². The van der Waals surface area contributed by atoms with Gasteiger partial charge in [-0.2, -0.15) is 0 Å². The standard InChI is InChI=1S/C18H25FN2O3/c19-16-3-1-14(2-4-16)5-7-20-17(23)10-21-9-15-11-24-8-6-18(15,12-21)13-22/h1-4,15,22H,5-13H2,(H,20,23)/t15-,18-/m1/s1. The number of nitrogens with zero attached hydrogens (tertiary/aromatic N) is 1. The number of hydrogen-bond acceptors (Lipinski definition) is 4. The molecule has 132 valence electrons. The van der Waals surface area contributed by atoms with E-state index in [9.17, 15) is 14.3 Å². The van der Waals surface area contributed by atoms with Crippen molar-refractivity contribution in [3.63, 3.8) is 0 Å². The number of rotatable bonds is 6. The van der Waals surface area contributed by atoms with Gasteiger partial charge in [-0.1, -0.05) is 12.1 Å². The van der Waals surface area contributed by atoms with Crippen LogP contribution in [0.2, 0.25) is 0 Å². The molecule has 1 amide bonds. The average Bonchev–Trinajstić information content (AvgIpc) is 2.95. The van der Waals surface area contributed by atoms with Crippen LogP contribution in [-0.4, -0.2) is 61.9 Å². The van der Waals surface area contributed by atoms with E-state index in [0.29, 0.717) is 38.6 Å². The normalized spacial score (nSPS) is 27.0. The average molecular weight is 336 g/mol. The number of halogens is 1. The van der Waals surface area contributed by atoms with E-state index >= 15 is 0 Å². The van der Waals surface area contributed by atoms with Crippen LogP contribution in [0, 0.1) is 17.2 Å². The second-order valence-corrected chi connectivity index (χ2v) is 6.94. The summed E-state index contributed by atoms with van der Waals surface area (Å²) in [5.41, 5.74) is 0.896. The number of hydrogen-bond donors (Lipinski definition) is 2. The molecule has 2 heterocycles. The molecular weight excluding hydrogens is 311 g/mol. The van der Waals surface area contributed by atoms with Crippen LogP contribution in [0.3, 0.4) is 0 Å². The fourth-order valence-corrected chi connectivity index (χ4v) is 3.79. The Bertz CT molecular complexity index is 566. The van der Waals surface area contributed by atoms with Crippen molar-refractivity contribution in [1.29, 1.82) is 0 Å². The lowest BCUT2D eigenvalue weighted by atomic mass is 9.75. The van der Waals surface area contributed by atoms with Crippen LogP contribution < -0.4 is 5.32 Å². The molecule has 0 saturated carbocycles. The first-order chi connectivity index (χ1) is 11.6. The summed E-state index contributed by atoms with van der Waals surface area (Å²) in [6.45, 7) is 3.95. The Kier molecular flexibility index (Phi) is 5.48. The van der Waals surface area contributed by atoms with Gasteiger partial charge >= 0.3 is 0 Å². The van der Waals surface area contributed by atoms with E-state index in [-0.39, 0.29) is 23.7 Å². The first kappa shape index (κ1) is 17.3. The second kappa shape index (κ2) is 7.59. The van der Waals surface area contributed by atoms with Gasteiger partial charge in [0.1, 0.15) is 5.82 Å². The molecule has 2 aliphatic rings. The number of amides is 1. The topological polar surface area (TPSA) is 61.8 Å². The Morgan fingerprint density at radius 1 is 1.42 bits per heavy atom. The van der Waals surface area contributed by atoms with Crippen LogP contribution in [0.5, 0.6) is 0 Å². The molecule has 24 heavy (non-hydrogen) atoms. The predicted octanol–water partition coefficient (Wildman–Crippen LogP) is 0.815. The highest BCUT2D eigenvalue weighted by Crippen LogP contribution is 2.41. The first-order valence-corrected chi connectivity index (χ1v) is 8.53. The molecule has 5 nitrogen and oxygen atoms in total. The highest BCUT2D eigenvalue weighted by atomic mass is 19.1. The summed E-state index contributed by atoms with van der Waals surface area (Å²) in [4.78, 5) is 14.2. The maximum absolute atomic E-state index is 12.8. The second-order valence-electron chi connectivity index (χ2n) is 6.94. The highest BCUT2D eigenvalue weighted by molar-refractivity contribution is 5.78. The number of carbonyl (C=O) groups excluding carboxylic acids is 1. The lowest BCUT2D eigenvalue weighted by Gasteiger charge is -2.36. The van der Waals surface area contributed by atoms with Crippen LogP contribution in [0.4, 0.5) is 4.39 Å². The van der Waals surface area contributed by atoms with Crippen molar-refractivity contribution < 1.29 is 19.0 Å². The summed E-state index contributed by atoms with van der Waals surface area (Å²) in [5.74, 6) is 0.0492. The molecule has 0 aliphatic carbocycles. The number of aliphatic hydroxyl groups excluding tert-OH is 1. The zero-order valence-corrected chi connectivity index (χ0v) is 13.8. The van der Waals surface area contributed by atoms with Crippen LogP contribution in [-0.2, 0) is 16.0 Å². The Labute approximate surface area is 141 Å².